The monoisotopic (exact) mass is 206 g/mol. The summed E-state index contributed by atoms with van der Waals surface area (Å²) in [6, 6.07) is 10.2. The molecule has 0 fully saturated rings. The maximum absolute atomic E-state index is 8.63. The van der Waals surface area contributed by atoms with Crippen molar-refractivity contribution in [2.24, 2.45) is 0 Å². The Bertz CT molecular complexity index is 315. The van der Waals surface area contributed by atoms with Gasteiger partial charge in [0.15, 0.2) is 0 Å². The fourth-order valence-corrected chi connectivity index (χ4v) is 1.27. The fraction of sp³-hybridized carbons (Fsp3) is 0.385. The molecule has 0 saturated carbocycles. The molecule has 1 aromatic rings. The van der Waals surface area contributed by atoms with Gasteiger partial charge in [-0.05, 0) is 25.3 Å². The fourth-order valence-electron chi connectivity index (χ4n) is 1.27. The SMILES string of the molecule is CC(/C=C/C(C)(C)OO)c1ccccc1. The van der Waals surface area contributed by atoms with E-state index in [4.69, 9.17) is 5.26 Å². The Balaban J connectivity index is 2.68. The van der Waals surface area contributed by atoms with Gasteiger partial charge in [-0.15, -0.1) is 0 Å². The van der Waals surface area contributed by atoms with Gasteiger partial charge < -0.3 is 0 Å². The van der Waals surface area contributed by atoms with E-state index < -0.39 is 5.60 Å². The third-order valence-corrected chi connectivity index (χ3v) is 2.35. The summed E-state index contributed by atoms with van der Waals surface area (Å²) in [7, 11) is 0. The molecule has 0 bridgehead atoms. The molecule has 0 aromatic heterocycles. The second-order valence-corrected chi connectivity index (χ2v) is 4.25. The van der Waals surface area contributed by atoms with Crippen LogP contribution in [-0.4, -0.2) is 10.9 Å². The second kappa shape index (κ2) is 5.10. The van der Waals surface area contributed by atoms with Crippen molar-refractivity contribution in [1.29, 1.82) is 0 Å². The standard InChI is InChI=1S/C13H18O2/c1-11(9-10-13(2,3)15-14)12-7-5-4-6-8-12/h4-11,14H,1-3H3/b10-9+. The lowest BCUT2D eigenvalue weighted by Gasteiger charge is -2.16. The van der Waals surface area contributed by atoms with E-state index >= 15 is 0 Å². The Kier molecular flexibility index (Phi) is 4.06. The van der Waals surface area contributed by atoms with Gasteiger partial charge in [0, 0.05) is 0 Å². The van der Waals surface area contributed by atoms with Gasteiger partial charge in [0.05, 0.1) is 0 Å². The van der Waals surface area contributed by atoms with Gasteiger partial charge in [0.2, 0.25) is 0 Å². The number of benzene rings is 1. The van der Waals surface area contributed by atoms with Crippen molar-refractivity contribution in [3.05, 3.63) is 48.0 Å². The van der Waals surface area contributed by atoms with Gasteiger partial charge in [-0.25, -0.2) is 4.89 Å². The van der Waals surface area contributed by atoms with Crippen molar-refractivity contribution < 1.29 is 10.1 Å². The van der Waals surface area contributed by atoms with E-state index in [9.17, 15) is 0 Å². The van der Waals surface area contributed by atoms with Crippen molar-refractivity contribution in [1.82, 2.24) is 0 Å². The van der Waals surface area contributed by atoms with Crippen LogP contribution in [0.3, 0.4) is 0 Å². The van der Waals surface area contributed by atoms with Gasteiger partial charge >= 0.3 is 0 Å². The highest BCUT2D eigenvalue weighted by Crippen LogP contribution is 2.18. The zero-order valence-electron chi connectivity index (χ0n) is 9.47. The molecule has 0 radical (unpaired) electrons. The number of hydrogen-bond donors (Lipinski definition) is 1. The van der Waals surface area contributed by atoms with Crippen LogP contribution in [0, 0.1) is 0 Å². The van der Waals surface area contributed by atoms with Crippen LogP contribution in [0.2, 0.25) is 0 Å². The second-order valence-electron chi connectivity index (χ2n) is 4.25. The van der Waals surface area contributed by atoms with Crippen LogP contribution < -0.4 is 0 Å². The molecule has 0 heterocycles. The Morgan fingerprint density at radius 2 is 1.87 bits per heavy atom. The smallest absolute Gasteiger partial charge is 0.116 e. The molecule has 82 valence electrons. The summed E-state index contributed by atoms with van der Waals surface area (Å²) >= 11 is 0. The van der Waals surface area contributed by atoms with E-state index in [0.29, 0.717) is 5.92 Å². The summed E-state index contributed by atoms with van der Waals surface area (Å²) < 4.78 is 0. The molecular weight excluding hydrogens is 188 g/mol. The maximum Gasteiger partial charge on any atom is 0.116 e. The van der Waals surface area contributed by atoms with Crippen LogP contribution in [0.25, 0.3) is 0 Å². The summed E-state index contributed by atoms with van der Waals surface area (Å²) in [5.41, 5.74) is 0.630. The van der Waals surface area contributed by atoms with Gasteiger partial charge in [0.25, 0.3) is 0 Å². The summed E-state index contributed by atoms with van der Waals surface area (Å²) in [6.07, 6.45) is 3.90. The molecule has 0 aliphatic heterocycles. The van der Waals surface area contributed by atoms with Gasteiger partial charge in [-0.2, -0.15) is 0 Å². The Morgan fingerprint density at radius 1 is 1.27 bits per heavy atom. The molecule has 1 atom stereocenters. The molecular formula is C13H18O2. The zero-order chi connectivity index (χ0) is 11.3. The molecule has 0 saturated heterocycles. The van der Waals surface area contributed by atoms with Gasteiger partial charge in [0.1, 0.15) is 5.60 Å². The largest absolute Gasteiger partial charge is 0.251 e. The Morgan fingerprint density at radius 3 is 2.40 bits per heavy atom. The molecule has 0 amide bonds. The number of allylic oxidation sites excluding steroid dienone is 1. The first-order valence-corrected chi connectivity index (χ1v) is 5.12. The third-order valence-electron chi connectivity index (χ3n) is 2.35. The first-order chi connectivity index (χ1) is 7.05. The van der Waals surface area contributed by atoms with E-state index in [1.165, 1.54) is 5.56 Å². The third kappa shape index (κ3) is 3.86. The summed E-state index contributed by atoms with van der Waals surface area (Å²) in [4.78, 5) is 4.34. The summed E-state index contributed by atoms with van der Waals surface area (Å²) in [6.45, 7) is 5.72. The van der Waals surface area contributed by atoms with Crippen LogP contribution in [0.1, 0.15) is 32.3 Å². The summed E-state index contributed by atoms with van der Waals surface area (Å²) in [5, 5.41) is 8.63. The molecule has 2 heteroatoms. The van der Waals surface area contributed by atoms with Gasteiger partial charge in [-0.3, -0.25) is 5.26 Å². The molecule has 1 N–H and O–H groups in total. The Hall–Kier alpha value is -1.12. The van der Waals surface area contributed by atoms with Crippen molar-refractivity contribution in [3.8, 4) is 0 Å². The van der Waals surface area contributed by atoms with Crippen molar-refractivity contribution >= 4 is 0 Å². The average molecular weight is 206 g/mol. The highest BCUT2D eigenvalue weighted by atomic mass is 17.1. The lowest BCUT2D eigenvalue weighted by atomic mass is 9.98. The minimum absolute atomic E-state index is 0.320. The topological polar surface area (TPSA) is 29.5 Å². The van der Waals surface area contributed by atoms with Crippen LogP contribution in [0.5, 0.6) is 0 Å². The van der Waals surface area contributed by atoms with Crippen LogP contribution in [-0.2, 0) is 4.89 Å². The molecule has 15 heavy (non-hydrogen) atoms. The lowest BCUT2D eigenvalue weighted by molar-refractivity contribution is -0.297. The number of hydrogen-bond acceptors (Lipinski definition) is 2. The predicted octanol–water partition coefficient (Wildman–Crippen LogP) is 3.61. The van der Waals surface area contributed by atoms with Crippen LogP contribution in [0.15, 0.2) is 42.5 Å². The molecule has 0 aliphatic rings. The first kappa shape index (κ1) is 12.0. The number of rotatable bonds is 4. The first-order valence-electron chi connectivity index (χ1n) is 5.12. The highest BCUT2D eigenvalue weighted by Gasteiger charge is 2.13. The molecule has 1 rings (SSSR count). The maximum atomic E-state index is 8.63. The van der Waals surface area contributed by atoms with E-state index in [1.807, 2.05) is 30.4 Å². The van der Waals surface area contributed by atoms with E-state index in [-0.39, 0.29) is 0 Å². The molecule has 0 aliphatic carbocycles. The molecule has 1 unspecified atom stereocenters. The van der Waals surface area contributed by atoms with Crippen molar-refractivity contribution in [2.75, 3.05) is 0 Å². The predicted molar refractivity (Wildman–Crippen MR) is 61.8 cm³/mol. The Labute approximate surface area is 91.1 Å². The van der Waals surface area contributed by atoms with Crippen LogP contribution in [0.4, 0.5) is 0 Å². The van der Waals surface area contributed by atoms with Gasteiger partial charge in [-0.1, -0.05) is 49.4 Å². The molecule has 1 aromatic carbocycles. The molecule has 0 spiro atoms. The van der Waals surface area contributed by atoms with Crippen LogP contribution >= 0.6 is 0 Å². The minimum Gasteiger partial charge on any atom is -0.251 e. The zero-order valence-corrected chi connectivity index (χ0v) is 9.47. The van der Waals surface area contributed by atoms with E-state index in [2.05, 4.69) is 23.9 Å². The van der Waals surface area contributed by atoms with Crippen molar-refractivity contribution in [3.63, 3.8) is 0 Å². The molecule has 2 nitrogen and oxygen atoms in total. The van der Waals surface area contributed by atoms with E-state index in [0.717, 1.165) is 0 Å². The average Bonchev–Trinajstić information content (AvgIpc) is 2.27. The minimum atomic E-state index is -0.622. The lowest BCUT2D eigenvalue weighted by Crippen LogP contribution is -2.19. The normalized spacial score (nSPS) is 14.4. The van der Waals surface area contributed by atoms with E-state index in [1.54, 1.807) is 13.8 Å². The quantitative estimate of drug-likeness (QED) is 0.463. The van der Waals surface area contributed by atoms with Crippen molar-refractivity contribution in [2.45, 2.75) is 32.3 Å². The highest BCUT2D eigenvalue weighted by molar-refractivity contribution is 5.23. The summed E-state index contributed by atoms with van der Waals surface area (Å²) in [5.74, 6) is 0.320.